The highest BCUT2D eigenvalue weighted by Crippen LogP contribution is 2.12. The molecule has 0 bridgehead atoms. The Morgan fingerprint density at radius 3 is 2.46 bits per heavy atom. The first-order valence-corrected chi connectivity index (χ1v) is 5.25. The Labute approximate surface area is 75.3 Å². The third kappa shape index (κ3) is 1.69. The van der Waals surface area contributed by atoms with Gasteiger partial charge in [-0.3, -0.25) is 9.48 Å². The number of hydrogen-bond donors (Lipinski definition) is 1. The molecule has 1 heterocycles. The predicted octanol–water partition coefficient (Wildman–Crippen LogP) is -0.813. The maximum absolute atomic E-state index is 11.2. The summed E-state index contributed by atoms with van der Waals surface area (Å²) in [6.07, 6.45) is 2.07. The quantitative estimate of drug-likeness (QED) is 0.643. The second-order valence-electron chi connectivity index (χ2n) is 2.63. The van der Waals surface area contributed by atoms with E-state index >= 15 is 0 Å². The van der Waals surface area contributed by atoms with Gasteiger partial charge >= 0.3 is 0 Å². The minimum atomic E-state index is -3.75. The van der Waals surface area contributed by atoms with Crippen LogP contribution in [-0.4, -0.2) is 29.6 Å². The van der Waals surface area contributed by atoms with Gasteiger partial charge < -0.3 is 5.73 Å². The topological polar surface area (TPSA) is 95.1 Å². The van der Waals surface area contributed by atoms with Crippen LogP contribution >= 0.6 is 0 Å². The first-order valence-electron chi connectivity index (χ1n) is 3.36. The molecular formula is C6H9N3O3S. The summed E-state index contributed by atoms with van der Waals surface area (Å²) in [6, 6.07) is 0. The van der Waals surface area contributed by atoms with Gasteiger partial charge in [-0.1, -0.05) is 0 Å². The number of anilines is 1. The average Bonchev–Trinajstić information content (AvgIpc) is 2.28. The monoisotopic (exact) mass is 203 g/mol. The van der Waals surface area contributed by atoms with E-state index < -0.39 is 15.0 Å². The number of aryl methyl sites for hydroxylation is 1. The summed E-state index contributed by atoms with van der Waals surface area (Å²) in [7, 11) is -2.30. The number of carbonyl (C=O) groups is 1. The van der Waals surface area contributed by atoms with Crippen LogP contribution in [0.5, 0.6) is 0 Å². The molecule has 0 aromatic carbocycles. The molecule has 13 heavy (non-hydrogen) atoms. The van der Waals surface area contributed by atoms with E-state index in [1.165, 1.54) is 13.2 Å². The van der Waals surface area contributed by atoms with E-state index in [0.29, 0.717) is 0 Å². The number of nitrogen functional groups attached to an aromatic ring is 1. The highest BCUT2D eigenvalue weighted by atomic mass is 32.2. The van der Waals surface area contributed by atoms with Crippen LogP contribution in [-0.2, 0) is 16.9 Å². The molecule has 0 atom stereocenters. The molecule has 6 nitrogen and oxygen atoms in total. The van der Waals surface area contributed by atoms with E-state index in [9.17, 15) is 13.2 Å². The maximum atomic E-state index is 11.2. The molecule has 72 valence electrons. The number of carbonyl (C=O) groups excluding carboxylic acids is 1. The summed E-state index contributed by atoms with van der Waals surface area (Å²) in [6.45, 7) is 0. The zero-order chi connectivity index (χ0) is 10.2. The molecule has 0 aliphatic heterocycles. The van der Waals surface area contributed by atoms with Gasteiger partial charge in [-0.15, -0.1) is 0 Å². The zero-order valence-electron chi connectivity index (χ0n) is 7.18. The first kappa shape index (κ1) is 9.72. The van der Waals surface area contributed by atoms with Crippen molar-refractivity contribution in [2.75, 3.05) is 12.0 Å². The van der Waals surface area contributed by atoms with Gasteiger partial charge in [0.05, 0.1) is 11.9 Å². The van der Waals surface area contributed by atoms with E-state index in [0.717, 1.165) is 10.9 Å². The van der Waals surface area contributed by atoms with Gasteiger partial charge in [0.15, 0.2) is 0 Å². The molecule has 0 unspecified atom stereocenters. The van der Waals surface area contributed by atoms with Crippen LogP contribution in [0.25, 0.3) is 0 Å². The highest BCUT2D eigenvalue weighted by Gasteiger charge is 2.24. The van der Waals surface area contributed by atoms with Crippen molar-refractivity contribution in [2.45, 2.75) is 0 Å². The molecule has 0 saturated carbocycles. The van der Waals surface area contributed by atoms with Crippen molar-refractivity contribution < 1.29 is 13.2 Å². The van der Waals surface area contributed by atoms with Gasteiger partial charge in [-0.25, -0.2) is 8.42 Å². The van der Waals surface area contributed by atoms with E-state index in [-0.39, 0.29) is 11.4 Å². The number of hydrogen-bond acceptors (Lipinski definition) is 5. The summed E-state index contributed by atoms with van der Waals surface area (Å²) in [5, 5.41) is 2.65. The fraction of sp³-hybridized carbons (Fsp3) is 0.333. The number of nitrogens with zero attached hydrogens (tertiary/aromatic N) is 2. The Hall–Kier alpha value is -1.37. The molecule has 7 heteroatoms. The Bertz CT molecular complexity index is 426. The highest BCUT2D eigenvalue weighted by molar-refractivity contribution is 8.06. The maximum Gasteiger partial charge on any atom is 0.296 e. The van der Waals surface area contributed by atoms with Crippen LogP contribution in [0.2, 0.25) is 0 Å². The van der Waals surface area contributed by atoms with Crippen molar-refractivity contribution >= 4 is 20.6 Å². The lowest BCUT2D eigenvalue weighted by Gasteiger charge is -1.99. The molecule has 1 aromatic heterocycles. The smallest absolute Gasteiger partial charge is 0.296 e. The molecule has 0 spiro atoms. The Morgan fingerprint density at radius 1 is 1.62 bits per heavy atom. The average molecular weight is 203 g/mol. The number of aromatic nitrogens is 2. The number of nitrogens with two attached hydrogens (primary N) is 1. The molecule has 0 radical (unpaired) electrons. The van der Waals surface area contributed by atoms with Crippen LogP contribution in [0.4, 0.5) is 5.69 Å². The second-order valence-corrected chi connectivity index (χ2v) is 4.55. The normalized spacial score (nSPS) is 11.5. The molecular weight excluding hydrogens is 194 g/mol. The van der Waals surface area contributed by atoms with Gasteiger partial charge in [-0.05, 0) is 0 Å². The van der Waals surface area contributed by atoms with Crippen molar-refractivity contribution in [3.05, 3.63) is 11.9 Å². The lowest BCUT2D eigenvalue weighted by molar-refractivity contribution is 0.107. The van der Waals surface area contributed by atoms with Crippen molar-refractivity contribution in [2.24, 2.45) is 7.05 Å². The third-order valence-electron chi connectivity index (χ3n) is 1.50. The van der Waals surface area contributed by atoms with Crippen molar-refractivity contribution in [1.82, 2.24) is 9.78 Å². The predicted molar refractivity (Wildman–Crippen MR) is 46.8 cm³/mol. The molecule has 0 amide bonds. The molecule has 0 saturated heterocycles. The van der Waals surface area contributed by atoms with Crippen LogP contribution in [0, 0.1) is 0 Å². The van der Waals surface area contributed by atoms with Gasteiger partial charge in [0, 0.05) is 13.3 Å². The summed E-state index contributed by atoms with van der Waals surface area (Å²) in [5.41, 5.74) is 5.34. The fourth-order valence-corrected chi connectivity index (χ4v) is 1.48. The van der Waals surface area contributed by atoms with Crippen LogP contribution < -0.4 is 5.73 Å². The fourth-order valence-electron chi connectivity index (χ4n) is 0.880. The Balaban J connectivity index is 3.32. The van der Waals surface area contributed by atoms with Crippen LogP contribution in [0.1, 0.15) is 10.5 Å². The summed E-state index contributed by atoms with van der Waals surface area (Å²) >= 11 is 0. The molecule has 2 N–H and O–H groups in total. The second kappa shape index (κ2) is 2.84. The molecule has 1 rings (SSSR count). The summed E-state index contributed by atoms with van der Waals surface area (Å²) in [4.78, 5) is 11.2. The van der Waals surface area contributed by atoms with Gasteiger partial charge in [-0.2, -0.15) is 5.10 Å². The summed E-state index contributed by atoms with van der Waals surface area (Å²) in [5.74, 6) is 0. The number of sulfone groups is 1. The van der Waals surface area contributed by atoms with E-state index in [1.54, 1.807) is 0 Å². The Morgan fingerprint density at radius 2 is 2.15 bits per heavy atom. The summed E-state index contributed by atoms with van der Waals surface area (Å²) < 4.78 is 22.9. The lowest BCUT2D eigenvalue weighted by atomic mass is 10.4. The first-order chi connectivity index (χ1) is 5.84. The number of rotatable bonds is 1. The third-order valence-corrected chi connectivity index (χ3v) is 2.36. The van der Waals surface area contributed by atoms with Crippen molar-refractivity contribution in [3.8, 4) is 0 Å². The molecule has 0 aliphatic rings. The van der Waals surface area contributed by atoms with E-state index in [2.05, 4.69) is 5.10 Å². The van der Waals surface area contributed by atoms with E-state index in [1.807, 2.05) is 0 Å². The van der Waals surface area contributed by atoms with E-state index in [4.69, 9.17) is 5.73 Å². The van der Waals surface area contributed by atoms with Crippen molar-refractivity contribution in [1.29, 1.82) is 0 Å². The minimum absolute atomic E-state index is 0.0675. The Kier molecular flexibility index (Phi) is 2.12. The standard InChI is InChI=1S/C6H9N3O3S/c1-9-5(4(7)3-8-9)6(10)13(2,11)12/h3H,7H2,1-2H3. The van der Waals surface area contributed by atoms with Gasteiger partial charge in [0.1, 0.15) is 5.69 Å². The lowest BCUT2D eigenvalue weighted by Crippen LogP contribution is -2.18. The molecule has 0 aliphatic carbocycles. The van der Waals surface area contributed by atoms with Crippen LogP contribution in [0.3, 0.4) is 0 Å². The van der Waals surface area contributed by atoms with Gasteiger partial charge in [0.25, 0.3) is 5.12 Å². The largest absolute Gasteiger partial charge is 0.396 e. The molecule has 1 aromatic rings. The van der Waals surface area contributed by atoms with Crippen LogP contribution in [0.15, 0.2) is 6.20 Å². The molecule has 0 fully saturated rings. The van der Waals surface area contributed by atoms with Gasteiger partial charge in [0.2, 0.25) is 9.84 Å². The van der Waals surface area contributed by atoms with Crippen molar-refractivity contribution in [3.63, 3.8) is 0 Å². The zero-order valence-corrected chi connectivity index (χ0v) is 8.00. The minimum Gasteiger partial charge on any atom is -0.396 e. The SMILES string of the molecule is Cn1ncc(N)c1C(=O)S(C)(=O)=O.